The predicted molar refractivity (Wildman–Crippen MR) is 154 cm³/mol. The third-order valence-corrected chi connectivity index (χ3v) is 18.6. The summed E-state index contributed by atoms with van der Waals surface area (Å²) in [5.41, 5.74) is 5.16. The van der Waals surface area contributed by atoms with Crippen LogP contribution >= 0.6 is 24.0 Å². The summed E-state index contributed by atoms with van der Waals surface area (Å²) >= 11 is -1.84. The van der Waals surface area contributed by atoms with Crippen molar-refractivity contribution in [1.29, 1.82) is 0 Å². The van der Waals surface area contributed by atoms with Crippen LogP contribution in [-0.4, -0.2) is 19.8 Å². The average Bonchev–Trinajstić information content (AvgIpc) is 2.75. The molecule has 0 bridgehead atoms. The molecular weight excluding hydrogens is 606 g/mol. The first-order valence-corrected chi connectivity index (χ1v) is 17.7. The molecule has 2 heteroatoms. The van der Waals surface area contributed by atoms with Gasteiger partial charge >= 0.3 is 199 Å². The monoisotopic (exact) mass is 647 g/mol. The van der Waals surface area contributed by atoms with E-state index in [1.165, 1.54) is 30.0 Å². The standard InChI is InChI=1S/3C10H13.HI.Sn/c3*1-10(2,3)9-7-5-4-6-8-9;;/h3*4-8H,1H2,2-3H3;1H;. The van der Waals surface area contributed by atoms with E-state index in [9.17, 15) is 0 Å². The van der Waals surface area contributed by atoms with Gasteiger partial charge in [0, 0.05) is 0 Å². The summed E-state index contributed by atoms with van der Waals surface area (Å²) in [6.45, 7) is 14.8. The zero-order valence-corrected chi connectivity index (χ0v) is 25.9. The Morgan fingerprint density at radius 1 is 0.438 bits per heavy atom. The minimum atomic E-state index is -1.84. The van der Waals surface area contributed by atoms with Crippen LogP contribution in [0.15, 0.2) is 91.0 Å². The molecule has 0 atom stereocenters. The molecule has 0 aliphatic heterocycles. The molecule has 171 valence electrons. The Hall–Kier alpha value is -0.811. The van der Waals surface area contributed by atoms with Crippen molar-refractivity contribution in [2.24, 2.45) is 0 Å². The fraction of sp³-hybridized carbons (Fsp3) is 0.400. The second-order valence-corrected chi connectivity index (χ2v) is 18.3. The van der Waals surface area contributed by atoms with Gasteiger partial charge in [0.1, 0.15) is 0 Å². The maximum absolute atomic E-state index is 2.47. The first-order valence-electron chi connectivity index (χ1n) is 11.6. The topological polar surface area (TPSA) is 0 Å². The van der Waals surface area contributed by atoms with Gasteiger partial charge in [-0.3, -0.25) is 0 Å². The van der Waals surface area contributed by atoms with E-state index in [0.29, 0.717) is 0 Å². The maximum Gasteiger partial charge on any atom is -0.107 e. The van der Waals surface area contributed by atoms with Gasteiger partial charge in [-0.2, -0.15) is 0 Å². The Labute approximate surface area is 221 Å². The summed E-state index contributed by atoms with van der Waals surface area (Å²) in [5, 5.41) is 0. The summed E-state index contributed by atoms with van der Waals surface area (Å²) in [4.78, 5) is 0. The van der Waals surface area contributed by atoms with Gasteiger partial charge in [0.2, 0.25) is 0 Å². The zero-order valence-electron chi connectivity index (χ0n) is 20.7. The molecule has 0 N–H and O–H groups in total. The Bertz CT molecular complexity index is 803. The van der Waals surface area contributed by atoms with E-state index >= 15 is 0 Å². The van der Waals surface area contributed by atoms with Crippen molar-refractivity contribution in [3.8, 4) is 0 Å². The van der Waals surface area contributed by atoms with E-state index in [1.54, 1.807) is 0 Å². The quantitative estimate of drug-likeness (QED) is 0.161. The Kier molecular flexibility index (Phi) is 9.90. The molecule has 0 aromatic heterocycles. The summed E-state index contributed by atoms with van der Waals surface area (Å²) in [7, 11) is 0. The molecule has 3 aromatic rings. The van der Waals surface area contributed by atoms with Crippen LogP contribution in [0.4, 0.5) is 0 Å². The van der Waals surface area contributed by atoms with Crippen LogP contribution in [0.25, 0.3) is 0 Å². The van der Waals surface area contributed by atoms with Gasteiger partial charge in [0.25, 0.3) is 0 Å². The van der Waals surface area contributed by atoms with Crippen LogP contribution in [0.1, 0.15) is 58.2 Å². The fourth-order valence-electron chi connectivity index (χ4n) is 5.04. The molecule has 0 saturated carbocycles. The molecule has 0 nitrogen and oxygen atoms in total. The van der Waals surface area contributed by atoms with E-state index < -0.39 is 19.8 Å². The maximum atomic E-state index is 2.47. The molecule has 3 aromatic carbocycles. The van der Waals surface area contributed by atoms with Crippen molar-refractivity contribution < 1.29 is 0 Å². The van der Waals surface area contributed by atoms with Gasteiger partial charge in [0.05, 0.1) is 0 Å². The average molecular weight is 646 g/mol. The van der Waals surface area contributed by atoms with Crippen molar-refractivity contribution in [2.75, 3.05) is 0 Å². The minimum Gasteiger partial charge on any atom is -0.107 e. The zero-order chi connectivity index (χ0) is 22.5. The van der Waals surface area contributed by atoms with Crippen molar-refractivity contribution >= 4 is 43.7 Å². The molecular formula is C30H40ISn. The van der Waals surface area contributed by atoms with Crippen molar-refractivity contribution in [3.63, 3.8) is 0 Å². The molecule has 0 unspecified atom stereocenters. The molecule has 1 radical (unpaired) electrons. The van der Waals surface area contributed by atoms with E-state index in [0.717, 1.165) is 0 Å². The van der Waals surface area contributed by atoms with Crippen LogP contribution in [0.5, 0.6) is 0 Å². The van der Waals surface area contributed by atoms with Crippen LogP contribution in [0.2, 0.25) is 13.3 Å². The normalized spacial score (nSPS) is 12.5. The third kappa shape index (κ3) is 7.35. The van der Waals surface area contributed by atoms with Gasteiger partial charge in [-0.25, -0.2) is 0 Å². The smallest absolute Gasteiger partial charge is 0.107 e. The van der Waals surface area contributed by atoms with E-state index in [4.69, 9.17) is 0 Å². The van der Waals surface area contributed by atoms with Gasteiger partial charge < -0.3 is 0 Å². The summed E-state index contributed by atoms with van der Waals surface area (Å²) in [6, 6.07) is 33.5. The molecule has 0 saturated heterocycles. The van der Waals surface area contributed by atoms with Gasteiger partial charge in [-0.1, -0.05) is 0 Å². The van der Waals surface area contributed by atoms with Crippen LogP contribution in [0, 0.1) is 0 Å². The van der Waals surface area contributed by atoms with Gasteiger partial charge in [-0.05, 0) is 0 Å². The van der Waals surface area contributed by atoms with Crippen LogP contribution < -0.4 is 0 Å². The molecule has 0 spiro atoms. The van der Waals surface area contributed by atoms with Crippen molar-refractivity contribution in [3.05, 3.63) is 108 Å². The van der Waals surface area contributed by atoms with Gasteiger partial charge in [-0.15, -0.1) is 24.0 Å². The molecule has 0 amide bonds. The van der Waals surface area contributed by atoms with E-state index in [-0.39, 0.29) is 40.2 Å². The molecule has 32 heavy (non-hydrogen) atoms. The van der Waals surface area contributed by atoms with Crippen LogP contribution in [-0.2, 0) is 16.2 Å². The van der Waals surface area contributed by atoms with Crippen molar-refractivity contribution in [2.45, 2.75) is 71.1 Å². The Morgan fingerprint density at radius 3 is 0.875 bits per heavy atom. The Morgan fingerprint density at radius 2 is 0.656 bits per heavy atom. The summed E-state index contributed by atoms with van der Waals surface area (Å²) < 4.78 is 4.14. The number of benzene rings is 3. The number of hydrogen-bond acceptors (Lipinski definition) is 0. The van der Waals surface area contributed by atoms with Crippen molar-refractivity contribution in [1.82, 2.24) is 0 Å². The summed E-state index contributed by atoms with van der Waals surface area (Å²) in [6.07, 6.45) is 0. The first-order chi connectivity index (χ1) is 14.6. The second kappa shape index (κ2) is 11.6. The number of halogens is 1. The molecule has 0 aliphatic carbocycles. The predicted octanol–water partition coefficient (Wildman–Crippen LogP) is 9.03. The largest absolute Gasteiger partial charge is 0.107 e. The van der Waals surface area contributed by atoms with E-state index in [1.807, 2.05) is 0 Å². The molecule has 0 heterocycles. The minimum absolute atomic E-state index is 0. The van der Waals surface area contributed by atoms with Gasteiger partial charge in [0.15, 0.2) is 0 Å². The SMILES string of the molecule is CC(C)([CH2][Sn]([CH2]C(C)(C)c1ccccc1)[CH2]C(C)(C)c1ccccc1)c1ccccc1.I. The number of rotatable bonds is 9. The van der Waals surface area contributed by atoms with E-state index in [2.05, 4.69) is 133 Å². The molecule has 3 rings (SSSR count). The summed E-state index contributed by atoms with van der Waals surface area (Å²) in [5.74, 6) is 0. The molecule has 0 aliphatic rings. The Balaban J connectivity index is 0.00000363. The first kappa shape index (κ1) is 27.4. The third-order valence-electron chi connectivity index (χ3n) is 6.74. The molecule has 0 fully saturated rings. The fourth-order valence-corrected chi connectivity index (χ4v) is 18.6. The van der Waals surface area contributed by atoms with Crippen LogP contribution in [0.3, 0.4) is 0 Å². The number of hydrogen-bond donors (Lipinski definition) is 0. The second-order valence-electron chi connectivity index (χ2n) is 11.0.